The Hall–Kier alpha value is -3.38. The van der Waals surface area contributed by atoms with Gasteiger partial charge in [0, 0.05) is 48.1 Å². The Balaban J connectivity index is 1.16. The maximum atomic E-state index is 13.2. The van der Waals surface area contributed by atoms with Crippen molar-refractivity contribution in [1.82, 2.24) is 19.6 Å². The Morgan fingerprint density at radius 1 is 0.974 bits per heavy atom. The van der Waals surface area contributed by atoms with E-state index in [1.165, 1.54) is 22.6 Å². The molecule has 1 saturated heterocycles. The fourth-order valence-corrected chi connectivity index (χ4v) is 6.61. The lowest BCUT2D eigenvalue weighted by Gasteiger charge is -2.31. The van der Waals surface area contributed by atoms with Gasteiger partial charge < -0.3 is 16.0 Å². The number of nitrogens with zero attached hydrogens (tertiary/aromatic N) is 3. The van der Waals surface area contributed by atoms with E-state index in [2.05, 4.69) is 44.3 Å². The third-order valence-corrected chi connectivity index (χ3v) is 9.43. The van der Waals surface area contributed by atoms with Crippen LogP contribution in [-0.2, 0) is 16.6 Å². The van der Waals surface area contributed by atoms with Crippen LogP contribution in [0.2, 0.25) is 0 Å². The number of benzene rings is 2. The van der Waals surface area contributed by atoms with Crippen LogP contribution in [-0.4, -0.2) is 41.8 Å². The summed E-state index contributed by atoms with van der Waals surface area (Å²) in [4.78, 5) is 10.2. The van der Waals surface area contributed by atoms with Gasteiger partial charge in [0.05, 0.1) is 4.90 Å². The third kappa shape index (κ3) is 6.36. The third-order valence-electron chi connectivity index (χ3n) is 6.49. The van der Waals surface area contributed by atoms with Crippen LogP contribution in [0.15, 0.2) is 77.1 Å². The van der Waals surface area contributed by atoms with Crippen molar-refractivity contribution in [3.05, 3.63) is 88.5 Å². The lowest BCUT2D eigenvalue weighted by molar-refractivity contribution is 0.289. The quantitative estimate of drug-likeness (QED) is 0.255. The van der Waals surface area contributed by atoms with Gasteiger partial charge in [-0.1, -0.05) is 0 Å². The zero-order valence-electron chi connectivity index (χ0n) is 20.9. The minimum Gasteiger partial charge on any atom is -0.340 e. The molecule has 8 nitrogen and oxygen atoms in total. The fourth-order valence-electron chi connectivity index (χ4n) is 4.28. The van der Waals surface area contributed by atoms with Crippen LogP contribution in [0.3, 0.4) is 0 Å². The predicted molar refractivity (Wildman–Crippen MR) is 149 cm³/mol. The van der Waals surface area contributed by atoms with Gasteiger partial charge in [-0.3, -0.25) is 0 Å². The molecule has 198 valence electrons. The summed E-state index contributed by atoms with van der Waals surface area (Å²) in [5.74, 6) is 0.573. The van der Waals surface area contributed by atoms with Crippen LogP contribution in [0, 0.1) is 12.7 Å². The molecule has 0 aliphatic carbocycles. The van der Waals surface area contributed by atoms with E-state index < -0.39 is 10.0 Å². The van der Waals surface area contributed by atoms with Gasteiger partial charge in [-0.2, -0.15) is 9.29 Å². The summed E-state index contributed by atoms with van der Waals surface area (Å²) in [6.07, 6.45) is 3.16. The van der Waals surface area contributed by atoms with Gasteiger partial charge in [-0.05, 0) is 91.4 Å². The van der Waals surface area contributed by atoms with E-state index in [4.69, 9.17) is 0 Å². The molecule has 1 fully saturated rings. The number of aromatic nitrogens is 2. The summed E-state index contributed by atoms with van der Waals surface area (Å²) in [7, 11) is -3.57. The summed E-state index contributed by atoms with van der Waals surface area (Å²) >= 11 is 1.75. The number of hydrogen-bond donors (Lipinski definition) is 3. The van der Waals surface area contributed by atoms with E-state index in [9.17, 15) is 12.8 Å². The highest BCUT2D eigenvalue weighted by Crippen LogP contribution is 2.24. The van der Waals surface area contributed by atoms with Crippen LogP contribution in [0.4, 0.5) is 27.5 Å². The zero-order chi connectivity index (χ0) is 26.5. The number of nitrogens with one attached hydrogen (secondary N) is 3. The average molecular weight is 553 g/mol. The van der Waals surface area contributed by atoms with Crippen molar-refractivity contribution in [2.75, 3.05) is 23.7 Å². The van der Waals surface area contributed by atoms with Gasteiger partial charge in [0.25, 0.3) is 0 Å². The Kier molecular flexibility index (Phi) is 7.98. The van der Waals surface area contributed by atoms with E-state index >= 15 is 0 Å². The number of piperidine rings is 1. The first-order valence-electron chi connectivity index (χ1n) is 12.4. The maximum Gasteiger partial charge on any atom is 0.243 e. The number of halogens is 1. The highest BCUT2D eigenvalue weighted by atomic mass is 32.2. The van der Waals surface area contributed by atoms with Crippen molar-refractivity contribution in [2.45, 2.75) is 37.2 Å². The molecule has 4 aromatic rings. The lowest BCUT2D eigenvalue weighted by Crippen LogP contribution is -2.44. The monoisotopic (exact) mass is 552 g/mol. The molecule has 0 spiro atoms. The molecule has 2 aromatic heterocycles. The van der Waals surface area contributed by atoms with Crippen molar-refractivity contribution in [3.8, 4) is 0 Å². The van der Waals surface area contributed by atoms with E-state index in [0.29, 0.717) is 42.3 Å². The van der Waals surface area contributed by atoms with Gasteiger partial charge in [-0.25, -0.2) is 17.8 Å². The van der Waals surface area contributed by atoms with Gasteiger partial charge in [0.1, 0.15) is 11.6 Å². The molecule has 0 saturated carbocycles. The average Bonchev–Trinajstić information content (AvgIpc) is 3.34. The second-order valence-electron chi connectivity index (χ2n) is 9.13. The van der Waals surface area contributed by atoms with E-state index in [0.717, 1.165) is 19.4 Å². The van der Waals surface area contributed by atoms with Crippen molar-refractivity contribution in [1.29, 1.82) is 0 Å². The molecule has 1 aliphatic rings. The number of thiophene rings is 1. The molecule has 11 heteroatoms. The van der Waals surface area contributed by atoms with Crippen LogP contribution in [0.1, 0.15) is 23.3 Å². The van der Waals surface area contributed by atoms with Crippen molar-refractivity contribution in [3.63, 3.8) is 0 Å². The SMILES string of the molecule is Cc1ccsc1CNC1CCN(S(=O)(=O)c2ccc(Nc3nccc(Nc4ccc(F)cc4)n3)cc2)CC1. The largest absolute Gasteiger partial charge is 0.340 e. The molecule has 5 rings (SSSR count). The molecule has 0 unspecified atom stereocenters. The predicted octanol–water partition coefficient (Wildman–Crippen LogP) is 5.42. The molecular weight excluding hydrogens is 523 g/mol. The Morgan fingerprint density at radius 2 is 1.66 bits per heavy atom. The van der Waals surface area contributed by atoms with Gasteiger partial charge in [0.2, 0.25) is 16.0 Å². The summed E-state index contributed by atoms with van der Waals surface area (Å²) < 4.78 is 41.1. The van der Waals surface area contributed by atoms with Gasteiger partial charge >= 0.3 is 0 Å². The molecule has 3 heterocycles. The van der Waals surface area contributed by atoms with Crippen molar-refractivity contribution in [2.24, 2.45) is 0 Å². The first-order valence-corrected chi connectivity index (χ1v) is 14.7. The number of sulfonamides is 1. The summed E-state index contributed by atoms with van der Waals surface area (Å²) in [6, 6.07) is 16.7. The molecule has 0 atom stereocenters. The van der Waals surface area contributed by atoms with E-state index in [-0.39, 0.29) is 10.7 Å². The van der Waals surface area contributed by atoms with E-state index in [1.54, 1.807) is 64.3 Å². The van der Waals surface area contributed by atoms with Gasteiger partial charge in [0.15, 0.2) is 0 Å². The minimum absolute atomic E-state index is 0.260. The van der Waals surface area contributed by atoms with Crippen molar-refractivity contribution < 1.29 is 12.8 Å². The molecule has 3 N–H and O–H groups in total. The first kappa shape index (κ1) is 26.2. The second kappa shape index (κ2) is 11.6. The molecule has 2 aromatic carbocycles. The van der Waals surface area contributed by atoms with Crippen LogP contribution >= 0.6 is 11.3 Å². The minimum atomic E-state index is -3.57. The second-order valence-corrected chi connectivity index (χ2v) is 12.1. The van der Waals surface area contributed by atoms with E-state index in [1.807, 2.05) is 0 Å². The normalized spacial score (nSPS) is 14.9. The standard InChI is InChI=1S/C27H29FN6O2S2/c1-19-13-17-37-25(19)18-30-21-11-15-34(16-12-21)38(35,36)24-8-6-23(7-9-24)32-27-29-14-10-26(33-27)31-22-4-2-20(28)3-5-22/h2-10,13-14,17,21,30H,11-12,15-16,18H2,1H3,(H2,29,31,32,33). The van der Waals surface area contributed by atoms with Crippen LogP contribution in [0.25, 0.3) is 0 Å². The molecule has 0 bridgehead atoms. The molecule has 0 amide bonds. The maximum absolute atomic E-state index is 13.2. The molecule has 38 heavy (non-hydrogen) atoms. The first-order chi connectivity index (χ1) is 18.4. The number of hydrogen-bond acceptors (Lipinski definition) is 8. The highest BCUT2D eigenvalue weighted by molar-refractivity contribution is 7.89. The fraction of sp³-hybridized carbons (Fsp3) is 0.259. The molecular formula is C27H29FN6O2S2. The van der Waals surface area contributed by atoms with Crippen molar-refractivity contribution >= 4 is 44.5 Å². The lowest BCUT2D eigenvalue weighted by atomic mass is 10.1. The Labute approximate surface area is 226 Å². The summed E-state index contributed by atoms with van der Waals surface area (Å²) in [5.41, 5.74) is 2.65. The smallest absolute Gasteiger partial charge is 0.243 e. The van der Waals surface area contributed by atoms with Crippen LogP contribution in [0.5, 0.6) is 0 Å². The number of rotatable bonds is 9. The highest BCUT2D eigenvalue weighted by Gasteiger charge is 2.29. The Morgan fingerprint density at radius 3 is 2.34 bits per heavy atom. The summed E-state index contributed by atoms with van der Waals surface area (Å²) in [6.45, 7) is 3.92. The Bertz CT molecular complexity index is 1470. The zero-order valence-corrected chi connectivity index (χ0v) is 22.5. The number of anilines is 4. The topological polar surface area (TPSA) is 99.3 Å². The van der Waals surface area contributed by atoms with Gasteiger partial charge in [-0.15, -0.1) is 11.3 Å². The molecule has 0 radical (unpaired) electrons. The molecule has 1 aliphatic heterocycles. The number of aryl methyl sites for hydroxylation is 1. The van der Waals surface area contributed by atoms with Crippen LogP contribution < -0.4 is 16.0 Å². The summed E-state index contributed by atoms with van der Waals surface area (Å²) in [5, 5.41) is 11.9.